The van der Waals surface area contributed by atoms with Crippen molar-refractivity contribution in [3.8, 4) is 11.5 Å². The summed E-state index contributed by atoms with van der Waals surface area (Å²) in [6.07, 6.45) is 3.14. The van der Waals surface area contributed by atoms with E-state index in [0.29, 0.717) is 11.7 Å². The Morgan fingerprint density at radius 2 is 1.80 bits per heavy atom. The zero-order valence-electron chi connectivity index (χ0n) is 18.6. The topological polar surface area (TPSA) is 48.3 Å². The Bertz CT molecular complexity index is 827. The van der Waals surface area contributed by atoms with Gasteiger partial charge < -0.3 is 19.6 Å². The molecule has 0 spiro atoms. The molecule has 0 aliphatic carbocycles. The smallest absolute Gasteiger partial charge is 0.124 e. The molecule has 0 unspecified atom stereocenters. The molecule has 0 radical (unpaired) electrons. The Labute approximate surface area is 181 Å². The maximum Gasteiger partial charge on any atom is 0.124 e. The number of hydrogen-bond acceptors (Lipinski definition) is 5. The first-order valence-corrected chi connectivity index (χ1v) is 10.9. The average molecular weight is 410 g/mol. The Morgan fingerprint density at radius 1 is 1.10 bits per heavy atom. The van der Waals surface area contributed by atoms with Crippen LogP contribution in [0.5, 0.6) is 11.5 Å². The standard InChI is InChI=1S/C25H35N3O2/c1-27(2)19-15-26-23(22-9-4-6-10-24(22)29)14-18-28-16-12-20(13-17-28)21-8-5-7-11-25(21)30-3/h4-11,20,29H,12-19H2,1-3H3. The number of piperidine rings is 1. The summed E-state index contributed by atoms with van der Waals surface area (Å²) < 4.78 is 5.56. The second-order valence-corrected chi connectivity index (χ2v) is 8.26. The van der Waals surface area contributed by atoms with Crippen molar-refractivity contribution in [1.82, 2.24) is 9.80 Å². The molecule has 1 aliphatic heterocycles. The van der Waals surface area contributed by atoms with Crippen LogP contribution in [0.4, 0.5) is 0 Å². The lowest BCUT2D eigenvalue weighted by atomic mass is 9.88. The third kappa shape index (κ3) is 6.07. The number of nitrogens with zero attached hydrogens (tertiary/aromatic N) is 3. The summed E-state index contributed by atoms with van der Waals surface area (Å²) >= 11 is 0. The number of likely N-dealkylation sites (tertiary alicyclic amines) is 1. The van der Waals surface area contributed by atoms with Crippen LogP contribution in [-0.2, 0) is 0 Å². The van der Waals surface area contributed by atoms with Gasteiger partial charge in [0.25, 0.3) is 0 Å². The third-order valence-corrected chi connectivity index (χ3v) is 5.90. The molecule has 0 bridgehead atoms. The first-order valence-electron chi connectivity index (χ1n) is 10.9. The zero-order valence-corrected chi connectivity index (χ0v) is 18.6. The molecule has 1 saturated heterocycles. The monoisotopic (exact) mass is 409 g/mol. The number of hydrogen-bond donors (Lipinski definition) is 1. The van der Waals surface area contributed by atoms with Gasteiger partial charge in [-0.2, -0.15) is 0 Å². The summed E-state index contributed by atoms with van der Waals surface area (Å²) in [5.74, 6) is 1.88. The van der Waals surface area contributed by atoms with Gasteiger partial charge in [0.2, 0.25) is 0 Å². The highest BCUT2D eigenvalue weighted by Gasteiger charge is 2.23. The van der Waals surface area contributed by atoms with Gasteiger partial charge in [0, 0.05) is 30.8 Å². The van der Waals surface area contributed by atoms with E-state index in [-0.39, 0.29) is 0 Å². The minimum absolute atomic E-state index is 0.316. The summed E-state index contributed by atoms with van der Waals surface area (Å²) in [4.78, 5) is 9.49. The number of benzene rings is 2. The SMILES string of the molecule is COc1ccccc1C1CCN(CCC(=NCCN(C)C)c2ccccc2O)CC1. The minimum Gasteiger partial charge on any atom is -0.507 e. The fraction of sp³-hybridized carbons (Fsp3) is 0.480. The van der Waals surface area contributed by atoms with E-state index in [4.69, 9.17) is 9.73 Å². The van der Waals surface area contributed by atoms with Gasteiger partial charge in [-0.05, 0) is 69.7 Å². The van der Waals surface area contributed by atoms with Gasteiger partial charge in [-0.1, -0.05) is 30.3 Å². The van der Waals surface area contributed by atoms with Crippen LogP contribution in [0.15, 0.2) is 53.5 Å². The summed E-state index contributed by atoms with van der Waals surface area (Å²) in [5.41, 5.74) is 3.20. The highest BCUT2D eigenvalue weighted by molar-refractivity contribution is 6.02. The minimum atomic E-state index is 0.316. The lowest BCUT2D eigenvalue weighted by Gasteiger charge is -2.32. The van der Waals surface area contributed by atoms with E-state index in [1.165, 1.54) is 5.56 Å². The van der Waals surface area contributed by atoms with Gasteiger partial charge in [-0.3, -0.25) is 4.99 Å². The number of aromatic hydroxyl groups is 1. The zero-order chi connectivity index (χ0) is 21.3. The fourth-order valence-corrected chi connectivity index (χ4v) is 4.14. The van der Waals surface area contributed by atoms with Crippen LogP contribution in [0.25, 0.3) is 0 Å². The molecule has 0 aromatic heterocycles. The van der Waals surface area contributed by atoms with Crippen molar-refractivity contribution < 1.29 is 9.84 Å². The Hall–Kier alpha value is -2.37. The number of rotatable bonds is 9. The molecule has 5 heteroatoms. The first-order chi connectivity index (χ1) is 14.6. The number of ether oxygens (including phenoxy) is 1. The number of para-hydroxylation sites is 2. The van der Waals surface area contributed by atoms with Gasteiger partial charge in [0.15, 0.2) is 0 Å². The highest BCUT2D eigenvalue weighted by Crippen LogP contribution is 2.34. The fourth-order valence-electron chi connectivity index (χ4n) is 4.14. The molecule has 1 aliphatic rings. The summed E-state index contributed by atoms with van der Waals surface area (Å²) in [6.45, 7) is 4.77. The molecule has 1 N–H and O–H groups in total. The van der Waals surface area contributed by atoms with E-state index >= 15 is 0 Å². The second-order valence-electron chi connectivity index (χ2n) is 8.26. The molecule has 1 fully saturated rings. The van der Waals surface area contributed by atoms with Gasteiger partial charge in [0.1, 0.15) is 11.5 Å². The van der Waals surface area contributed by atoms with Gasteiger partial charge in [-0.25, -0.2) is 0 Å². The van der Waals surface area contributed by atoms with Crippen molar-refractivity contribution in [3.63, 3.8) is 0 Å². The highest BCUT2D eigenvalue weighted by atomic mass is 16.5. The summed E-state index contributed by atoms with van der Waals surface area (Å²) in [7, 11) is 5.87. The van der Waals surface area contributed by atoms with Crippen molar-refractivity contribution in [1.29, 1.82) is 0 Å². The van der Waals surface area contributed by atoms with Crippen LogP contribution in [-0.4, -0.2) is 74.5 Å². The molecule has 2 aromatic rings. The van der Waals surface area contributed by atoms with Gasteiger partial charge in [-0.15, -0.1) is 0 Å². The Morgan fingerprint density at radius 3 is 2.50 bits per heavy atom. The molecule has 3 rings (SSSR count). The van der Waals surface area contributed by atoms with Gasteiger partial charge in [0.05, 0.1) is 13.7 Å². The maximum absolute atomic E-state index is 10.3. The molecule has 30 heavy (non-hydrogen) atoms. The van der Waals surface area contributed by atoms with E-state index in [2.05, 4.69) is 42.1 Å². The lowest BCUT2D eigenvalue weighted by molar-refractivity contribution is 0.216. The molecule has 5 nitrogen and oxygen atoms in total. The molecule has 162 valence electrons. The van der Waals surface area contributed by atoms with Crippen molar-refractivity contribution in [2.45, 2.75) is 25.2 Å². The van der Waals surface area contributed by atoms with E-state index in [9.17, 15) is 5.11 Å². The van der Waals surface area contributed by atoms with E-state index < -0.39 is 0 Å². The van der Waals surface area contributed by atoms with Crippen LogP contribution in [0.2, 0.25) is 0 Å². The normalized spacial score (nSPS) is 16.2. The Kier molecular flexibility index (Phi) is 8.29. The van der Waals surface area contributed by atoms with Gasteiger partial charge >= 0.3 is 0 Å². The molecule has 1 heterocycles. The molecule has 2 aromatic carbocycles. The predicted octanol–water partition coefficient (Wildman–Crippen LogP) is 4.02. The lowest BCUT2D eigenvalue weighted by Crippen LogP contribution is -2.34. The van der Waals surface area contributed by atoms with Crippen LogP contribution < -0.4 is 4.74 Å². The van der Waals surface area contributed by atoms with E-state index in [0.717, 1.165) is 69.0 Å². The van der Waals surface area contributed by atoms with Crippen LogP contribution in [0.1, 0.15) is 36.3 Å². The Balaban J connectivity index is 1.59. The second kappa shape index (κ2) is 11.1. The molecular formula is C25H35N3O2. The van der Waals surface area contributed by atoms with Crippen molar-refractivity contribution in [2.24, 2.45) is 4.99 Å². The molecule has 0 atom stereocenters. The molecule has 0 amide bonds. The average Bonchev–Trinajstić information content (AvgIpc) is 2.77. The quantitative estimate of drug-likeness (QED) is 0.636. The molecule has 0 saturated carbocycles. The van der Waals surface area contributed by atoms with Crippen molar-refractivity contribution in [2.75, 3.05) is 53.9 Å². The van der Waals surface area contributed by atoms with E-state index in [1.54, 1.807) is 13.2 Å². The number of likely N-dealkylation sites (N-methyl/N-ethyl adjacent to an activating group) is 1. The van der Waals surface area contributed by atoms with E-state index in [1.807, 2.05) is 24.3 Å². The predicted molar refractivity (Wildman–Crippen MR) is 124 cm³/mol. The van der Waals surface area contributed by atoms with Crippen molar-refractivity contribution in [3.05, 3.63) is 59.7 Å². The van der Waals surface area contributed by atoms with Crippen LogP contribution >= 0.6 is 0 Å². The number of methoxy groups -OCH3 is 1. The number of aliphatic imine (C=N–C) groups is 1. The van der Waals surface area contributed by atoms with Crippen LogP contribution in [0, 0.1) is 0 Å². The maximum atomic E-state index is 10.3. The first kappa shape index (κ1) is 22.3. The number of phenolic OH excluding ortho intramolecular Hbond substituents is 1. The van der Waals surface area contributed by atoms with Crippen molar-refractivity contribution >= 4 is 5.71 Å². The molecular weight excluding hydrogens is 374 g/mol. The number of phenols is 1. The van der Waals surface area contributed by atoms with Crippen LogP contribution in [0.3, 0.4) is 0 Å². The largest absolute Gasteiger partial charge is 0.507 e. The summed E-state index contributed by atoms with van der Waals surface area (Å²) in [5, 5.41) is 10.3. The summed E-state index contributed by atoms with van der Waals surface area (Å²) in [6, 6.07) is 15.9. The third-order valence-electron chi connectivity index (χ3n) is 5.90.